The lowest BCUT2D eigenvalue weighted by molar-refractivity contribution is -0.385. The molecule has 0 fully saturated rings. The fraction of sp³-hybridized carbons (Fsp3) is 0.400. The average molecular weight is 369 g/mol. The van der Waals surface area contributed by atoms with Crippen LogP contribution in [-0.2, 0) is 0 Å². The van der Waals surface area contributed by atoms with E-state index in [2.05, 4.69) is 31.9 Å². The Morgan fingerprint density at radius 1 is 1.29 bits per heavy atom. The summed E-state index contributed by atoms with van der Waals surface area (Å²) in [7, 11) is 0. The van der Waals surface area contributed by atoms with Crippen LogP contribution in [0.15, 0.2) is 21.1 Å². The molecule has 0 saturated carbocycles. The number of rotatable bonds is 6. The molecule has 0 aliphatic carbocycles. The molecule has 0 aliphatic heterocycles. The van der Waals surface area contributed by atoms with Crippen molar-refractivity contribution in [2.24, 2.45) is 0 Å². The third-order valence-electron chi connectivity index (χ3n) is 1.99. The highest BCUT2D eigenvalue weighted by Crippen LogP contribution is 2.37. The minimum Gasteiger partial charge on any atom is -0.491 e. The number of nitro benzene ring substituents is 1. The van der Waals surface area contributed by atoms with Gasteiger partial charge in [-0.05, 0) is 44.7 Å². The number of nitro groups is 1. The summed E-state index contributed by atoms with van der Waals surface area (Å²) in [6.07, 6.45) is 1.40. The van der Waals surface area contributed by atoms with E-state index < -0.39 is 4.92 Å². The molecule has 1 aromatic carbocycles. The Labute approximate surface area is 115 Å². The van der Waals surface area contributed by atoms with Crippen molar-refractivity contribution < 1.29 is 14.8 Å². The predicted molar refractivity (Wildman–Crippen MR) is 70.3 cm³/mol. The van der Waals surface area contributed by atoms with Gasteiger partial charge in [0.05, 0.1) is 20.5 Å². The molecule has 0 aliphatic rings. The lowest BCUT2D eigenvalue weighted by atomic mass is 10.3. The molecular weight excluding hydrogens is 358 g/mol. The molecule has 5 nitrogen and oxygen atoms in total. The van der Waals surface area contributed by atoms with Crippen LogP contribution < -0.4 is 4.74 Å². The summed E-state index contributed by atoms with van der Waals surface area (Å²) in [6.45, 7) is 0.585. The highest BCUT2D eigenvalue weighted by Gasteiger charge is 2.14. The van der Waals surface area contributed by atoms with E-state index in [1.165, 1.54) is 12.1 Å². The number of nitrogens with zero attached hydrogens (tertiary/aromatic N) is 1. The second kappa shape index (κ2) is 6.93. The van der Waals surface area contributed by atoms with E-state index in [1.54, 1.807) is 0 Å². The smallest absolute Gasteiger partial charge is 0.271 e. The molecule has 0 amide bonds. The van der Waals surface area contributed by atoms with Gasteiger partial charge in [-0.2, -0.15) is 0 Å². The molecule has 94 valence electrons. The zero-order valence-corrected chi connectivity index (χ0v) is 12.0. The van der Waals surface area contributed by atoms with Crippen LogP contribution in [-0.4, -0.2) is 23.2 Å². The lowest BCUT2D eigenvalue weighted by Crippen LogP contribution is -2.00. The fourth-order valence-electron chi connectivity index (χ4n) is 1.18. The van der Waals surface area contributed by atoms with Gasteiger partial charge in [0.15, 0.2) is 0 Å². The summed E-state index contributed by atoms with van der Waals surface area (Å²) in [4.78, 5) is 10.1. The van der Waals surface area contributed by atoms with Gasteiger partial charge in [0, 0.05) is 18.7 Å². The minimum absolute atomic E-state index is 0.00791. The van der Waals surface area contributed by atoms with Gasteiger partial charge < -0.3 is 9.84 Å². The monoisotopic (exact) mass is 367 g/mol. The Morgan fingerprint density at radius 3 is 2.35 bits per heavy atom. The number of aliphatic hydroxyl groups is 1. The van der Waals surface area contributed by atoms with Crippen LogP contribution in [0.5, 0.6) is 5.75 Å². The van der Waals surface area contributed by atoms with E-state index in [9.17, 15) is 10.1 Å². The third kappa shape index (κ3) is 4.25. The molecule has 1 N–H and O–H groups in total. The Hall–Kier alpha value is -0.660. The minimum atomic E-state index is -0.467. The van der Waals surface area contributed by atoms with Crippen LogP contribution >= 0.6 is 31.9 Å². The van der Waals surface area contributed by atoms with Gasteiger partial charge in [0.2, 0.25) is 0 Å². The van der Waals surface area contributed by atoms with Crippen LogP contribution in [0.3, 0.4) is 0 Å². The molecule has 17 heavy (non-hydrogen) atoms. The molecule has 0 bridgehead atoms. The second-order valence-electron chi connectivity index (χ2n) is 3.27. The summed E-state index contributed by atoms with van der Waals surface area (Å²) < 4.78 is 6.54. The SMILES string of the molecule is O=[N+]([O-])c1cc(Br)c(OCCCCO)c(Br)c1. The van der Waals surface area contributed by atoms with E-state index >= 15 is 0 Å². The number of halogens is 2. The quantitative estimate of drug-likeness (QED) is 0.475. The van der Waals surface area contributed by atoms with E-state index in [4.69, 9.17) is 9.84 Å². The predicted octanol–water partition coefficient (Wildman–Crippen LogP) is 3.27. The van der Waals surface area contributed by atoms with Crippen molar-refractivity contribution in [2.75, 3.05) is 13.2 Å². The zero-order chi connectivity index (χ0) is 12.8. The average Bonchev–Trinajstić information content (AvgIpc) is 2.26. The van der Waals surface area contributed by atoms with Gasteiger partial charge in [-0.1, -0.05) is 0 Å². The maximum atomic E-state index is 10.6. The molecule has 0 saturated heterocycles. The molecule has 1 aromatic rings. The first kappa shape index (κ1) is 14.4. The summed E-state index contributed by atoms with van der Waals surface area (Å²) in [5.41, 5.74) is -0.00791. The van der Waals surface area contributed by atoms with Gasteiger partial charge in [-0.3, -0.25) is 10.1 Å². The van der Waals surface area contributed by atoms with Crippen LogP contribution in [0.2, 0.25) is 0 Å². The first-order chi connectivity index (χ1) is 8.06. The van der Waals surface area contributed by atoms with Crippen LogP contribution in [0, 0.1) is 10.1 Å². The number of aliphatic hydroxyl groups excluding tert-OH is 1. The number of non-ortho nitro benzene ring substituents is 1. The standard InChI is InChI=1S/C10H11Br2NO4/c11-8-5-7(13(15)16)6-9(12)10(8)17-4-2-1-3-14/h5-6,14H,1-4H2. The molecule has 0 aromatic heterocycles. The van der Waals surface area contributed by atoms with Crippen LogP contribution in [0.1, 0.15) is 12.8 Å². The maximum Gasteiger partial charge on any atom is 0.271 e. The van der Waals surface area contributed by atoms with Crippen molar-refractivity contribution in [3.05, 3.63) is 31.2 Å². The van der Waals surface area contributed by atoms with Crippen molar-refractivity contribution in [3.8, 4) is 5.75 Å². The summed E-state index contributed by atoms with van der Waals surface area (Å²) in [5.74, 6) is 0.536. The van der Waals surface area contributed by atoms with E-state index in [0.717, 1.165) is 6.42 Å². The molecule has 0 atom stereocenters. The molecule has 0 heterocycles. The van der Waals surface area contributed by atoms with E-state index in [-0.39, 0.29) is 12.3 Å². The Bertz CT molecular complexity index is 388. The van der Waals surface area contributed by atoms with Crippen LogP contribution in [0.25, 0.3) is 0 Å². The largest absolute Gasteiger partial charge is 0.491 e. The molecule has 0 radical (unpaired) electrons. The van der Waals surface area contributed by atoms with Gasteiger partial charge >= 0.3 is 0 Å². The van der Waals surface area contributed by atoms with Crippen LogP contribution in [0.4, 0.5) is 5.69 Å². The molecule has 1 rings (SSSR count). The maximum absolute atomic E-state index is 10.6. The highest BCUT2D eigenvalue weighted by molar-refractivity contribution is 9.11. The number of ether oxygens (including phenoxy) is 1. The molecule has 7 heteroatoms. The van der Waals surface area contributed by atoms with E-state index in [0.29, 0.717) is 27.7 Å². The number of benzene rings is 1. The Kier molecular flexibility index (Phi) is 5.87. The highest BCUT2D eigenvalue weighted by atomic mass is 79.9. The summed E-state index contributed by atoms with van der Waals surface area (Å²) >= 11 is 6.45. The van der Waals surface area contributed by atoms with Crippen molar-refractivity contribution in [1.29, 1.82) is 0 Å². The van der Waals surface area contributed by atoms with Crippen molar-refractivity contribution in [2.45, 2.75) is 12.8 Å². The van der Waals surface area contributed by atoms with Gasteiger partial charge in [0.1, 0.15) is 5.75 Å². The summed E-state index contributed by atoms with van der Waals surface area (Å²) in [6, 6.07) is 2.79. The Morgan fingerprint density at radius 2 is 1.88 bits per heavy atom. The summed E-state index contributed by atoms with van der Waals surface area (Å²) in [5, 5.41) is 19.2. The Balaban J connectivity index is 2.76. The molecule has 0 unspecified atom stereocenters. The zero-order valence-electron chi connectivity index (χ0n) is 8.86. The molecular formula is C10H11Br2NO4. The molecule has 0 spiro atoms. The van der Waals surface area contributed by atoms with Gasteiger partial charge in [0.25, 0.3) is 5.69 Å². The van der Waals surface area contributed by atoms with Crippen molar-refractivity contribution in [3.63, 3.8) is 0 Å². The first-order valence-corrected chi connectivity index (χ1v) is 6.52. The number of hydrogen-bond acceptors (Lipinski definition) is 4. The van der Waals surface area contributed by atoms with Gasteiger partial charge in [-0.25, -0.2) is 0 Å². The van der Waals surface area contributed by atoms with Crippen molar-refractivity contribution in [1.82, 2.24) is 0 Å². The number of unbranched alkanes of at least 4 members (excludes halogenated alkanes) is 1. The lowest BCUT2D eigenvalue weighted by Gasteiger charge is -2.09. The number of hydrogen-bond donors (Lipinski definition) is 1. The van der Waals surface area contributed by atoms with Crippen molar-refractivity contribution >= 4 is 37.5 Å². The first-order valence-electron chi connectivity index (χ1n) is 4.93. The van der Waals surface area contributed by atoms with E-state index in [1.807, 2.05) is 0 Å². The normalized spacial score (nSPS) is 10.3. The topological polar surface area (TPSA) is 72.6 Å². The van der Waals surface area contributed by atoms with Gasteiger partial charge in [-0.15, -0.1) is 0 Å². The second-order valence-corrected chi connectivity index (χ2v) is 4.98. The third-order valence-corrected chi connectivity index (χ3v) is 3.17. The fourth-order valence-corrected chi connectivity index (χ4v) is 2.57.